The molecule has 0 radical (unpaired) electrons. The number of H-pyrrole nitrogens is 1. The van der Waals surface area contributed by atoms with Gasteiger partial charge in [0.15, 0.2) is 11.9 Å². The minimum atomic E-state index is -0.866. The Bertz CT molecular complexity index is 1670. The average Bonchev–Trinajstić information content (AvgIpc) is 3.28. The molecular formula is C29H33N7O4. The number of pyridine rings is 2. The van der Waals surface area contributed by atoms with E-state index in [4.69, 9.17) is 14.6 Å². The van der Waals surface area contributed by atoms with Gasteiger partial charge in [-0.3, -0.25) is 9.48 Å². The van der Waals surface area contributed by atoms with Gasteiger partial charge in [-0.15, -0.1) is 0 Å². The number of nitrogens with one attached hydrogen (secondary N) is 2. The SMILES string of the molecule is CN(C)c1ccc2cc(Nc3nn(C4(CC#N)CCC(C(=O)OC(C)(C)C)OC4)c4cc[nH]c(=O)c34)ccc2n1. The number of carbonyl (C=O) groups excluding carboxylic acids is 1. The van der Waals surface area contributed by atoms with Crippen LogP contribution in [0.15, 0.2) is 47.4 Å². The van der Waals surface area contributed by atoms with Crippen LogP contribution >= 0.6 is 0 Å². The Kier molecular flexibility index (Phi) is 6.98. The molecule has 0 amide bonds. The Hall–Kier alpha value is -4.43. The minimum absolute atomic E-state index is 0.0728. The first-order chi connectivity index (χ1) is 19.0. The van der Waals surface area contributed by atoms with Crippen LogP contribution in [0.5, 0.6) is 0 Å². The molecule has 1 saturated heterocycles. The summed E-state index contributed by atoms with van der Waals surface area (Å²) in [5.41, 5.74) is 0.348. The van der Waals surface area contributed by atoms with Gasteiger partial charge in [0, 0.05) is 31.4 Å². The number of nitrogens with zero attached hydrogens (tertiary/aromatic N) is 5. The summed E-state index contributed by atoms with van der Waals surface area (Å²) in [6.45, 7) is 5.50. The molecule has 0 spiro atoms. The molecule has 0 bridgehead atoms. The zero-order valence-corrected chi connectivity index (χ0v) is 23.3. The maximum atomic E-state index is 13.0. The normalized spacial score (nSPS) is 19.4. The lowest BCUT2D eigenvalue weighted by Crippen LogP contribution is -2.47. The fourth-order valence-corrected chi connectivity index (χ4v) is 5.00. The molecule has 4 heterocycles. The Morgan fingerprint density at radius 2 is 2.10 bits per heavy atom. The number of aromatic nitrogens is 4. The van der Waals surface area contributed by atoms with Crippen LogP contribution < -0.4 is 15.8 Å². The third-order valence-corrected chi connectivity index (χ3v) is 6.95. The largest absolute Gasteiger partial charge is 0.458 e. The predicted octanol–water partition coefficient (Wildman–Crippen LogP) is 4.21. The molecule has 1 aromatic carbocycles. The van der Waals surface area contributed by atoms with Crippen LogP contribution in [0, 0.1) is 11.3 Å². The van der Waals surface area contributed by atoms with Gasteiger partial charge in [-0.05, 0) is 70.0 Å². The zero-order chi connectivity index (χ0) is 28.7. The monoisotopic (exact) mass is 543 g/mol. The second-order valence-electron chi connectivity index (χ2n) is 11.4. The van der Waals surface area contributed by atoms with Crippen molar-refractivity contribution >= 4 is 45.1 Å². The summed E-state index contributed by atoms with van der Waals surface area (Å²) in [5, 5.41) is 19.2. The maximum absolute atomic E-state index is 13.0. The molecule has 1 aliphatic rings. The van der Waals surface area contributed by atoms with Gasteiger partial charge in [0.2, 0.25) is 0 Å². The number of rotatable bonds is 6. The van der Waals surface area contributed by atoms with Gasteiger partial charge in [-0.1, -0.05) is 0 Å². The minimum Gasteiger partial charge on any atom is -0.458 e. The summed E-state index contributed by atoms with van der Waals surface area (Å²) in [5.74, 6) is 0.794. The highest BCUT2D eigenvalue weighted by atomic mass is 16.6. The smallest absolute Gasteiger partial charge is 0.335 e. The summed E-state index contributed by atoms with van der Waals surface area (Å²) < 4.78 is 13.2. The summed E-state index contributed by atoms with van der Waals surface area (Å²) in [7, 11) is 3.88. The van der Waals surface area contributed by atoms with Crippen LogP contribution in [0.25, 0.3) is 21.8 Å². The van der Waals surface area contributed by atoms with E-state index in [-0.39, 0.29) is 18.6 Å². The predicted molar refractivity (Wildman–Crippen MR) is 153 cm³/mol. The number of benzene rings is 1. The van der Waals surface area contributed by atoms with Crippen molar-refractivity contribution in [2.45, 2.75) is 57.3 Å². The Morgan fingerprint density at radius 3 is 2.77 bits per heavy atom. The van der Waals surface area contributed by atoms with E-state index >= 15 is 0 Å². The number of aromatic amines is 1. The molecule has 1 aliphatic heterocycles. The molecule has 0 aliphatic carbocycles. The molecule has 2 atom stereocenters. The van der Waals surface area contributed by atoms with Crippen molar-refractivity contribution in [3.8, 4) is 6.07 Å². The molecule has 208 valence electrons. The molecule has 11 heteroatoms. The number of anilines is 3. The number of hydrogen-bond donors (Lipinski definition) is 2. The van der Waals surface area contributed by atoms with Crippen molar-refractivity contribution in [2.24, 2.45) is 0 Å². The van der Waals surface area contributed by atoms with Gasteiger partial charge in [0.05, 0.1) is 35.7 Å². The molecule has 2 N–H and O–H groups in total. The third kappa shape index (κ3) is 5.22. The second-order valence-corrected chi connectivity index (χ2v) is 11.4. The lowest BCUT2D eigenvalue weighted by atomic mass is 9.87. The summed E-state index contributed by atoms with van der Waals surface area (Å²) in [6.07, 6.45) is 1.73. The van der Waals surface area contributed by atoms with Gasteiger partial charge in [-0.25, -0.2) is 9.78 Å². The van der Waals surface area contributed by atoms with Gasteiger partial charge in [0.1, 0.15) is 16.8 Å². The lowest BCUT2D eigenvalue weighted by Gasteiger charge is -2.39. The quantitative estimate of drug-likeness (QED) is 0.342. The number of hydrogen-bond acceptors (Lipinski definition) is 9. The molecule has 1 fully saturated rings. The van der Waals surface area contributed by atoms with Crippen LogP contribution in [0.4, 0.5) is 17.3 Å². The first-order valence-electron chi connectivity index (χ1n) is 13.2. The van der Waals surface area contributed by atoms with Crippen molar-refractivity contribution < 1.29 is 14.3 Å². The van der Waals surface area contributed by atoms with E-state index in [1.54, 1.807) is 16.9 Å². The van der Waals surface area contributed by atoms with Crippen molar-refractivity contribution in [3.05, 3.63) is 52.9 Å². The first kappa shape index (κ1) is 27.1. The van der Waals surface area contributed by atoms with Crippen molar-refractivity contribution in [2.75, 3.05) is 30.9 Å². The van der Waals surface area contributed by atoms with Crippen LogP contribution in [-0.4, -0.2) is 58.1 Å². The highest BCUT2D eigenvalue weighted by Gasteiger charge is 2.43. The van der Waals surface area contributed by atoms with E-state index in [2.05, 4.69) is 21.4 Å². The Labute approximate surface area is 231 Å². The summed E-state index contributed by atoms with van der Waals surface area (Å²) in [4.78, 5) is 35.0. The van der Waals surface area contributed by atoms with Gasteiger partial charge >= 0.3 is 5.97 Å². The molecule has 5 rings (SSSR count). The molecule has 11 nitrogen and oxygen atoms in total. The fraction of sp³-hybridized carbons (Fsp3) is 0.414. The molecule has 2 unspecified atom stereocenters. The van der Waals surface area contributed by atoms with E-state index in [0.717, 1.165) is 22.4 Å². The summed E-state index contributed by atoms with van der Waals surface area (Å²) in [6, 6.07) is 13.7. The Morgan fingerprint density at radius 1 is 1.30 bits per heavy atom. The standard InChI is InChI=1S/C29H33N7O4/c1-28(2,3)40-27(38)22-10-12-29(13-14-30,17-39-22)36-21-11-15-31-26(37)24(21)25(34-36)32-19-7-8-20-18(16-19)6-9-23(33-20)35(4)5/h6-9,11,15-16,22H,10,12-13,17H2,1-5H3,(H,31,37)(H,32,34). The average molecular weight is 544 g/mol. The molecule has 3 aromatic heterocycles. The maximum Gasteiger partial charge on any atom is 0.335 e. The van der Waals surface area contributed by atoms with E-state index < -0.39 is 23.2 Å². The number of carbonyl (C=O) groups is 1. The van der Waals surface area contributed by atoms with Crippen LogP contribution in [-0.2, 0) is 19.8 Å². The fourth-order valence-electron chi connectivity index (χ4n) is 5.00. The van der Waals surface area contributed by atoms with E-state index in [9.17, 15) is 14.9 Å². The van der Waals surface area contributed by atoms with Crippen LogP contribution in [0.1, 0.15) is 40.0 Å². The molecular weight excluding hydrogens is 510 g/mol. The van der Waals surface area contributed by atoms with E-state index in [1.165, 1.54) is 0 Å². The van der Waals surface area contributed by atoms with Crippen LogP contribution in [0.2, 0.25) is 0 Å². The second kappa shape index (κ2) is 10.3. The van der Waals surface area contributed by atoms with Gasteiger partial charge in [-0.2, -0.15) is 10.4 Å². The van der Waals surface area contributed by atoms with Crippen molar-refractivity contribution in [1.82, 2.24) is 19.7 Å². The highest BCUT2D eigenvalue weighted by Crippen LogP contribution is 2.37. The van der Waals surface area contributed by atoms with E-state index in [0.29, 0.717) is 29.6 Å². The van der Waals surface area contributed by atoms with Crippen molar-refractivity contribution in [3.63, 3.8) is 0 Å². The molecule has 4 aromatic rings. The third-order valence-electron chi connectivity index (χ3n) is 6.95. The molecule has 40 heavy (non-hydrogen) atoms. The number of nitriles is 1. The number of esters is 1. The van der Waals surface area contributed by atoms with E-state index in [1.807, 2.05) is 70.1 Å². The summed E-state index contributed by atoms with van der Waals surface area (Å²) >= 11 is 0. The zero-order valence-electron chi connectivity index (χ0n) is 23.3. The van der Waals surface area contributed by atoms with Gasteiger partial charge < -0.3 is 24.7 Å². The highest BCUT2D eigenvalue weighted by molar-refractivity contribution is 5.92. The Balaban J connectivity index is 1.50. The van der Waals surface area contributed by atoms with Gasteiger partial charge in [0.25, 0.3) is 5.56 Å². The number of ether oxygens (including phenoxy) is 2. The first-order valence-corrected chi connectivity index (χ1v) is 13.2. The van der Waals surface area contributed by atoms with Crippen LogP contribution in [0.3, 0.4) is 0 Å². The topological polar surface area (TPSA) is 138 Å². The van der Waals surface area contributed by atoms with Crippen molar-refractivity contribution in [1.29, 1.82) is 5.26 Å². The lowest BCUT2D eigenvalue weighted by molar-refractivity contribution is -0.176. The molecule has 0 saturated carbocycles. The number of fused-ring (bicyclic) bond motifs is 2.